The first-order valence-corrected chi connectivity index (χ1v) is 17.6. The summed E-state index contributed by atoms with van der Waals surface area (Å²) in [5, 5.41) is 7.78. The summed E-state index contributed by atoms with van der Waals surface area (Å²) in [6.45, 7) is 12.7. The van der Waals surface area contributed by atoms with Crippen LogP contribution in [0.3, 0.4) is 0 Å². The number of piperidine rings is 1. The Labute approximate surface area is 292 Å². The van der Waals surface area contributed by atoms with Gasteiger partial charge in [-0.1, -0.05) is 6.58 Å². The molecule has 4 heterocycles. The van der Waals surface area contributed by atoms with Crippen LogP contribution in [0, 0.1) is 11.6 Å². The van der Waals surface area contributed by atoms with Crippen LogP contribution in [0.15, 0.2) is 55.4 Å². The van der Waals surface area contributed by atoms with Gasteiger partial charge in [-0.15, -0.1) is 0 Å². The standard InChI is InChI=1S/C37H46F2N8O3/c1-5-37(48)43-30-17-31(42-35-19-36(41-22-40-35)47-32(12-15-50-47)28-16-25(38)6-9-29(28)39)34(49-4)18-33(30)44-13-10-27(11-14-44)46-21-23(2)45(20-24(46)3)26-7-8-26/h5-6,9,16-19,22-24,26-27,32H,1,7-8,10-15,20-21H2,2-4H3,(H,43,48)(H,40,41,42)/t23-,24-,32-/m1/s1. The second-order valence-electron chi connectivity index (χ2n) is 13.8. The molecule has 1 aliphatic carbocycles. The van der Waals surface area contributed by atoms with Crippen molar-refractivity contribution in [3.05, 3.63) is 72.6 Å². The van der Waals surface area contributed by atoms with Crippen LogP contribution >= 0.6 is 0 Å². The van der Waals surface area contributed by atoms with Crippen molar-refractivity contribution in [1.29, 1.82) is 0 Å². The first-order valence-electron chi connectivity index (χ1n) is 17.6. The predicted octanol–water partition coefficient (Wildman–Crippen LogP) is 6.04. The van der Waals surface area contributed by atoms with Gasteiger partial charge in [-0.3, -0.25) is 19.4 Å². The number of carbonyl (C=O) groups is 1. The molecule has 3 aromatic rings. The fourth-order valence-corrected chi connectivity index (χ4v) is 7.84. The number of methoxy groups -OCH3 is 1. The van der Waals surface area contributed by atoms with E-state index in [9.17, 15) is 13.6 Å². The molecule has 13 heteroatoms. The van der Waals surface area contributed by atoms with E-state index in [0.29, 0.717) is 59.9 Å². The Morgan fingerprint density at radius 3 is 2.36 bits per heavy atom. The molecule has 0 spiro atoms. The highest BCUT2D eigenvalue weighted by atomic mass is 19.1. The number of nitrogens with zero attached hydrogens (tertiary/aromatic N) is 6. The summed E-state index contributed by atoms with van der Waals surface area (Å²) in [6, 6.07) is 10.7. The van der Waals surface area contributed by atoms with E-state index >= 15 is 0 Å². The Balaban J connectivity index is 1.09. The highest BCUT2D eigenvalue weighted by Crippen LogP contribution is 2.41. The van der Waals surface area contributed by atoms with E-state index in [4.69, 9.17) is 9.57 Å². The number of rotatable bonds is 10. The average Bonchev–Trinajstić information content (AvgIpc) is 3.85. The maximum absolute atomic E-state index is 14.7. The maximum Gasteiger partial charge on any atom is 0.247 e. The lowest BCUT2D eigenvalue weighted by Gasteiger charge is -2.49. The number of nitrogens with one attached hydrogen (secondary N) is 2. The molecular formula is C37H46F2N8O3. The normalized spacial score (nSPS) is 23.6. The van der Waals surface area contributed by atoms with Gasteiger partial charge >= 0.3 is 0 Å². The molecule has 7 rings (SSSR count). The molecule has 50 heavy (non-hydrogen) atoms. The Morgan fingerprint density at radius 2 is 1.68 bits per heavy atom. The van der Waals surface area contributed by atoms with E-state index in [-0.39, 0.29) is 11.5 Å². The largest absolute Gasteiger partial charge is 0.494 e. The number of carbonyl (C=O) groups excluding carboxylic acids is 1. The molecule has 0 bridgehead atoms. The van der Waals surface area contributed by atoms with Crippen molar-refractivity contribution >= 4 is 34.6 Å². The van der Waals surface area contributed by atoms with Crippen molar-refractivity contribution in [2.24, 2.45) is 0 Å². The summed E-state index contributed by atoms with van der Waals surface area (Å²) in [7, 11) is 1.60. The zero-order valence-electron chi connectivity index (χ0n) is 28.9. The fourth-order valence-electron chi connectivity index (χ4n) is 7.84. The topological polar surface area (TPSA) is 98.3 Å². The van der Waals surface area contributed by atoms with E-state index in [1.165, 1.54) is 36.4 Å². The average molecular weight is 689 g/mol. The Kier molecular flexibility index (Phi) is 9.89. The number of hydroxylamine groups is 1. The number of anilines is 5. The summed E-state index contributed by atoms with van der Waals surface area (Å²) in [6.07, 6.45) is 7.82. The van der Waals surface area contributed by atoms with Crippen molar-refractivity contribution in [1.82, 2.24) is 19.8 Å². The quantitative estimate of drug-likeness (QED) is 0.246. The monoisotopic (exact) mass is 688 g/mol. The van der Waals surface area contributed by atoms with Gasteiger partial charge in [-0.2, -0.15) is 0 Å². The predicted molar refractivity (Wildman–Crippen MR) is 190 cm³/mol. The van der Waals surface area contributed by atoms with Crippen LogP contribution in [0.25, 0.3) is 0 Å². The Morgan fingerprint density at radius 1 is 0.960 bits per heavy atom. The smallest absolute Gasteiger partial charge is 0.247 e. The molecule has 1 amide bonds. The van der Waals surface area contributed by atoms with Gasteiger partial charge in [0.25, 0.3) is 0 Å². The summed E-state index contributed by atoms with van der Waals surface area (Å²) in [5.74, 6) is 0.00335. The first-order chi connectivity index (χ1) is 24.2. The van der Waals surface area contributed by atoms with Gasteiger partial charge in [0.1, 0.15) is 29.5 Å². The molecule has 1 aromatic heterocycles. The number of ether oxygens (including phenoxy) is 1. The molecule has 3 atom stereocenters. The molecule has 1 saturated carbocycles. The van der Waals surface area contributed by atoms with E-state index < -0.39 is 17.7 Å². The van der Waals surface area contributed by atoms with Crippen LogP contribution in [0.1, 0.15) is 57.6 Å². The van der Waals surface area contributed by atoms with Gasteiger partial charge in [-0.05, 0) is 69.9 Å². The molecular weight excluding hydrogens is 642 g/mol. The molecule has 2 N–H and O–H groups in total. The van der Waals surface area contributed by atoms with E-state index in [0.717, 1.165) is 62.9 Å². The van der Waals surface area contributed by atoms with Gasteiger partial charge in [-0.25, -0.2) is 23.8 Å². The Bertz CT molecular complexity index is 1720. The SMILES string of the molecule is C=CC(=O)Nc1cc(Nc2cc(N3OCC[C@@H]3c3cc(F)ccc3F)ncn2)c(OC)cc1N1CCC(N2C[C@@H](C)N(C3CC3)C[C@H]2C)CC1. The molecule has 4 fully saturated rings. The van der Waals surface area contributed by atoms with Crippen LogP contribution in [0.4, 0.5) is 37.5 Å². The highest BCUT2D eigenvalue weighted by Gasteiger charge is 2.40. The summed E-state index contributed by atoms with van der Waals surface area (Å²) >= 11 is 0. The molecule has 3 aliphatic heterocycles. The second kappa shape index (κ2) is 14.5. The van der Waals surface area contributed by atoms with Gasteiger partial charge in [0.15, 0.2) is 5.82 Å². The van der Waals surface area contributed by atoms with Crippen molar-refractivity contribution in [2.45, 2.75) is 76.2 Å². The Hall–Kier alpha value is -4.33. The molecule has 0 radical (unpaired) electrons. The zero-order chi connectivity index (χ0) is 34.9. The van der Waals surface area contributed by atoms with Crippen LogP contribution in [-0.4, -0.2) is 89.7 Å². The third-order valence-corrected chi connectivity index (χ3v) is 10.5. The minimum atomic E-state index is -0.564. The number of hydrogen-bond donors (Lipinski definition) is 2. The minimum Gasteiger partial charge on any atom is -0.494 e. The number of benzene rings is 2. The number of halogens is 2. The second-order valence-corrected chi connectivity index (χ2v) is 13.8. The van der Waals surface area contributed by atoms with Gasteiger partial charge in [0, 0.05) is 74.5 Å². The fraction of sp³-hybridized carbons (Fsp3) is 0.486. The van der Waals surface area contributed by atoms with Gasteiger partial charge < -0.3 is 20.3 Å². The molecule has 266 valence electrons. The highest BCUT2D eigenvalue weighted by molar-refractivity contribution is 6.02. The molecule has 11 nitrogen and oxygen atoms in total. The van der Waals surface area contributed by atoms with Crippen molar-refractivity contribution < 1.29 is 23.1 Å². The lowest BCUT2D eigenvalue weighted by molar-refractivity contribution is -0.111. The van der Waals surface area contributed by atoms with Crippen molar-refractivity contribution in [3.63, 3.8) is 0 Å². The lowest BCUT2D eigenvalue weighted by atomic mass is 9.97. The van der Waals surface area contributed by atoms with Gasteiger partial charge in [0.2, 0.25) is 5.91 Å². The number of piperazine rings is 1. The van der Waals surface area contributed by atoms with E-state index in [1.807, 2.05) is 12.1 Å². The lowest BCUT2D eigenvalue weighted by Crippen LogP contribution is -2.61. The first kappa shape index (κ1) is 34.1. The van der Waals surface area contributed by atoms with Crippen LogP contribution < -0.4 is 25.3 Å². The summed E-state index contributed by atoms with van der Waals surface area (Å²) < 4.78 is 34.6. The van der Waals surface area contributed by atoms with Crippen LogP contribution in [0.5, 0.6) is 5.75 Å². The van der Waals surface area contributed by atoms with Crippen LogP contribution in [0.2, 0.25) is 0 Å². The molecule has 0 unspecified atom stereocenters. The number of hydrogen-bond acceptors (Lipinski definition) is 10. The third kappa shape index (κ3) is 7.12. The van der Waals surface area contributed by atoms with Gasteiger partial charge in [0.05, 0.1) is 36.8 Å². The van der Waals surface area contributed by atoms with Crippen molar-refractivity contribution in [3.8, 4) is 5.75 Å². The minimum absolute atomic E-state index is 0.194. The van der Waals surface area contributed by atoms with Crippen LogP contribution in [-0.2, 0) is 9.63 Å². The molecule has 2 aromatic carbocycles. The summed E-state index contributed by atoms with van der Waals surface area (Å²) in [5.41, 5.74) is 2.26. The van der Waals surface area contributed by atoms with E-state index in [1.54, 1.807) is 13.2 Å². The maximum atomic E-state index is 14.7. The number of amides is 1. The third-order valence-electron chi connectivity index (χ3n) is 10.5. The summed E-state index contributed by atoms with van der Waals surface area (Å²) in [4.78, 5) is 34.9. The zero-order valence-corrected chi connectivity index (χ0v) is 28.9. The van der Waals surface area contributed by atoms with Crippen molar-refractivity contribution in [2.75, 3.05) is 60.5 Å². The van der Waals surface area contributed by atoms with E-state index in [2.05, 4.69) is 55.7 Å². The molecule has 3 saturated heterocycles. The number of aromatic nitrogens is 2. The molecule has 4 aliphatic rings.